The number of ether oxygens (including phenoxy) is 1. The first-order valence-electron chi connectivity index (χ1n) is 7.37. The Morgan fingerprint density at radius 1 is 1.29 bits per heavy atom. The molecule has 0 spiro atoms. The molecule has 2 heterocycles. The lowest BCUT2D eigenvalue weighted by molar-refractivity contribution is 0.101. The monoisotopic (exact) mass is 343 g/mol. The summed E-state index contributed by atoms with van der Waals surface area (Å²) in [6.45, 7) is 5.03. The van der Waals surface area contributed by atoms with E-state index in [1.807, 2.05) is 18.2 Å². The van der Waals surface area contributed by atoms with E-state index >= 15 is 0 Å². The number of ketones is 1. The summed E-state index contributed by atoms with van der Waals surface area (Å²) in [7, 11) is 1.58. The number of amides is 1. The molecule has 2 aromatic heterocycles. The van der Waals surface area contributed by atoms with E-state index in [2.05, 4.69) is 15.3 Å². The number of anilines is 1. The van der Waals surface area contributed by atoms with E-state index in [0.717, 1.165) is 4.70 Å². The zero-order chi connectivity index (χ0) is 17.4. The number of fused-ring (bicyclic) bond motifs is 1. The smallest absolute Gasteiger partial charge is 0.274 e. The van der Waals surface area contributed by atoms with Gasteiger partial charge >= 0.3 is 0 Å². The van der Waals surface area contributed by atoms with E-state index in [1.54, 1.807) is 21.0 Å². The number of hydrogen-bond donors (Lipinski definition) is 2. The minimum Gasteiger partial charge on any atom is -0.494 e. The van der Waals surface area contributed by atoms with Gasteiger partial charge in [-0.1, -0.05) is 17.4 Å². The molecule has 3 aromatic rings. The second-order valence-corrected chi connectivity index (χ2v) is 6.49. The van der Waals surface area contributed by atoms with Gasteiger partial charge in [0, 0.05) is 11.3 Å². The fraction of sp³-hybridized carbons (Fsp3) is 0.235. The molecular formula is C17H17N3O3S. The maximum absolute atomic E-state index is 12.5. The van der Waals surface area contributed by atoms with Gasteiger partial charge in [-0.05, 0) is 38.5 Å². The van der Waals surface area contributed by atoms with Gasteiger partial charge in [-0.2, -0.15) is 0 Å². The highest BCUT2D eigenvalue weighted by Gasteiger charge is 2.21. The van der Waals surface area contributed by atoms with Crippen LogP contribution in [0.25, 0.3) is 10.2 Å². The number of methoxy groups -OCH3 is 1. The van der Waals surface area contributed by atoms with Gasteiger partial charge in [-0.25, -0.2) is 4.98 Å². The maximum Gasteiger partial charge on any atom is 0.274 e. The summed E-state index contributed by atoms with van der Waals surface area (Å²) in [5.74, 6) is 0.279. The van der Waals surface area contributed by atoms with Crippen molar-refractivity contribution in [3.8, 4) is 5.75 Å². The van der Waals surface area contributed by atoms with Crippen molar-refractivity contribution in [1.82, 2.24) is 9.97 Å². The molecule has 0 aliphatic rings. The van der Waals surface area contributed by atoms with Gasteiger partial charge in [-0.3, -0.25) is 14.9 Å². The molecule has 1 amide bonds. The first kappa shape index (κ1) is 16.2. The highest BCUT2D eigenvalue weighted by Crippen LogP contribution is 2.32. The summed E-state index contributed by atoms with van der Waals surface area (Å²) in [5, 5.41) is 3.27. The summed E-state index contributed by atoms with van der Waals surface area (Å²) in [5.41, 5.74) is 2.99. The van der Waals surface area contributed by atoms with Gasteiger partial charge in [0.15, 0.2) is 10.9 Å². The lowest BCUT2D eigenvalue weighted by atomic mass is 10.1. The van der Waals surface area contributed by atoms with E-state index in [1.165, 1.54) is 18.3 Å². The number of aromatic nitrogens is 2. The first-order valence-corrected chi connectivity index (χ1v) is 8.19. The van der Waals surface area contributed by atoms with Crippen LogP contribution in [-0.2, 0) is 0 Å². The van der Waals surface area contributed by atoms with Crippen LogP contribution in [0.15, 0.2) is 18.2 Å². The van der Waals surface area contributed by atoms with Crippen molar-refractivity contribution in [2.24, 2.45) is 0 Å². The predicted octanol–water partition coefficient (Wildman–Crippen LogP) is 3.70. The van der Waals surface area contributed by atoms with Crippen LogP contribution in [0.1, 0.15) is 39.0 Å². The number of carbonyl (C=O) groups is 2. The van der Waals surface area contributed by atoms with Crippen molar-refractivity contribution in [3.63, 3.8) is 0 Å². The lowest BCUT2D eigenvalue weighted by Gasteiger charge is -2.01. The number of nitrogens with zero attached hydrogens (tertiary/aromatic N) is 1. The van der Waals surface area contributed by atoms with Gasteiger partial charge in [0.05, 0.1) is 11.8 Å². The number of thiazole rings is 1. The summed E-state index contributed by atoms with van der Waals surface area (Å²) < 4.78 is 6.21. The second-order valence-electron chi connectivity index (χ2n) is 5.46. The molecule has 0 atom stereocenters. The fourth-order valence-corrected chi connectivity index (χ4v) is 3.68. The Kier molecular flexibility index (Phi) is 4.11. The van der Waals surface area contributed by atoms with Crippen molar-refractivity contribution in [1.29, 1.82) is 0 Å². The number of aryl methyl sites for hydroxylation is 1. The van der Waals surface area contributed by atoms with Gasteiger partial charge in [0.1, 0.15) is 17.0 Å². The van der Waals surface area contributed by atoms with Crippen LogP contribution < -0.4 is 10.1 Å². The Hall–Kier alpha value is -2.67. The number of rotatable bonds is 4. The molecule has 0 aliphatic carbocycles. The third-order valence-corrected chi connectivity index (χ3v) is 4.78. The molecule has 7 heteroatoms. The molecule has 1 aromatic carbocycles. The molecule has 0 fully saturated rings. The number of H-pyrrole nitrogens is 1. The van der Waals surface area contributed by atoms with Gasteiger partial charge in [0.2, 0.25) is 0 Å². The van der Waals surface area contributed by atoms with Crippen molar-refractivity contribution in [3.05, 3.63) is 40.7 Å². The SMILES string of the molecule is COc1cccc2sc(NC(=O)c3[nH]c(C)c(C(C)=O)c3C)nc12. The van der Waals surface area contributed by atoms with E-state index < -0.39 is 0 Å². The van der Waals surface area contributed by atoms with Crippen LogP contribution in [0.5, 0.6) is 5.75 Å². The van der Waals surface area contributed by atoms with E-state index in [9.17, 15) is 9.59 Å². The third kappa shape index (κ3) is 2.67. The molecular weight excluding hydrogens is 326 g/mol. The molecule has 3 rings (SSSR count). The fourth-order valence-electron chi connectivity index (χ4n) is 2.81. The average Bonchev–Trinajstić information content (AvgIpc) is 3.06. The summed E-state index contributed by atoms with van der Waals surface area (Å²) in [6.07, 6.45) is 0. The zero-order valence-corrected chi connectivity index (χ0v) is 14.6. The molecule has 0 radical (unpaired) electrons. The number of nitrogens with one attached hydrogen (secondary N) is 2. The van der Waals surface area contributed by atoms with E-state index in [-0.39, 0.29) is 11.7 Å². The molecule has 2 N–H and O–H groups in total. The normalized spacial score (nSPS) is 10.8. The Morgan fingerprint density at radius 3 is 2.67 bits per heavy atom. The molecule has 6 nitrogen and oxygen atoms in total. The lowest BCUT2D eigenvalue weighted by Crippen LogP contribution is -2.13. The largest absolute Gasteiger partial charge is 0.494 e. The number of carbonyl (C=O) groups excluding carboxylic acids is 2. The van der Waals surface area contributed by atoms with Crippen molar-refractivity contribution in [2.45, 2.75) is 20.8 Å². The van der Waals surface area contributed by atoms with Crippen LogP contribution >= 0.6 is 11.3 Å². The Balaban J connectivity index is 1.93. The Labute approximate surface area is 142 Å². The maximum atomic E-state index is 12.5. The summed E-state index contributed by atoms with van der Waals surface area (Å²) >= 11 is 1.37. The molecule has 124 valence electrons. The quantitative estimate of drug-likeness (QED) is 0.707. The molecule has 0 saturated carbocycles. The van der Waals surface area contributed by atoms with E-state index in [0.29, 0.717) is 38.9 Å². The average molecular weight is 343 g/mol. The van der Waals surface area contributed by atoms with Crippen molar-refractivity contribution in [2.75, 3.05) is 12.4 Å². The number of aromatic amines is 1. The molecule has 0 unspecified atom stereocenters. The van der Waals surface area contributed by atoms with E-state index in [4.69, 9.17) is 4.74 Å². The van der Waals surface area contributed by atoms with Crippen LogP contribution in [0.4, 0.5) is 5.13 Å². The number of Topliss-reactive ketones (excluding diaryl/α,β-unsaturated/α-hetero) is 1. The Morgan fingerprint density at radius 2 is 2.04 bits per heavy atom. The molecule has 0 saturated heterocycles. The number of para-hydroxylation sites is 1. The topological polar surface area (TPSA) is 84.1 Å². The minimum absolute atomic E-state index is 0.0648. The van der Waals surface area contributed by atoms with Crippen LogP contribution in [0, 0.1) is 13.8 Å². The van der Waals surface area contributed by atoms with Crippen molar-refractivity contribution < 1.29 is 14.3 Å². The minimum atomic E-state index is -0.318. The summed E-state index contributed by atoms with van der Waals surface area (Å²) in [4.78, 5) is 31.6. The molecule has 0 aliphatic heterocycles. The van der Waals surface area contributed by atoms with Crippen LogP contribution in [0.3, 0.4) is 0 Å². The van der Waals surface area contributed by atoms with Crippen LogP contribution in [0.2, 0.25) is 0 Å². The summed E-state index contributed by atoms with van der Waals surface area (Å²) in [6, 6.07) is 5.62. The third-order valence-electron chi connectivity index (χ3n) is 3.84. The predicted molar refractivity (Wildman–Crippen MR) is 94.4 cm³/mol. The zero-order valence-electron chi connectivity index (χ0n) is 13.8. The number of hydrogen-bond acceptors (Lipinski definition) is 5. The first-order chi connectivity index (χ1) is 11.4. The molecule has 24 heavy (non-hydrogen) atoms. The van der Waals surface area contributed by atoms with Gasteiger partial charge < -0.3 is 9.72 Å². The van der Waals surface area contributed by atoms with Gasteiger partial charge in [-0.15, -0.1) is 0 Å². The highest BCUT2D eigenvalue weighted by molar-refractivity contribution is 7.22. The van der Waals surface area contributed by atoms with Gasteiger partial charge in [0.25, 0.3) is 5.91 Å². The second kappa shape index (κ2) is 6.09. The number of benzene rings is 1. The van der Waals surface area contributed by atoms with Crippen molar-refractivity contribution >= 4 is 38.4 Å². The standard InChI is InChI=1S/C17H17N3O3S/c1-8-13(10(3)21)9(2)18-14(8)16(22)20-17-19-15-11(23-4)6-5-7-12(15)24-17/h5-7,18H,1-4H3,(H,19,20,22). The Bertz CT molecular complexity index is 956. The van der Waals surface area contributed by atoms with Crippen LogP contribution in [-0.4, -0.2) is 28.8 Å². The highest BCUT2D eigenvalue weighted by atomic mass is 32.1. The molecule has 0 bridgehead atoms.